The first-order valence-electron chi connectivity index (χ1n) is 4.88. The van der Waals surface area contributed by atoms with E-state index in [9.17, 15) is 0 Å². The largest absolute Gasteiger partial charge is 0.381 e. The van der Waals surface area contributed by atoms with Gasteiger partial charge in [0.2, 0.25) is 0 Å². The van der Waals surface area contributed by atoms with Gasteiger partial charge in [-0.25, -0.2) is 0 Å². The Labute approximate surface area is 88.7 Å². The molecule has 0 fully saturated rings. The third-order valence-electron chi connectivity index (χ3n) is 1.87. The van der Waals surface area contributed by atoms with Crippen LogP contribution in [0.15, 0.2) is 4.52 Å². The number of hydrogen-bond acceptors (Lipinski definition) is 6. The summed E-state index contributed by atoms with van der Waals surface area (Å²) in [6.07, 6.45) is 0.720. The van der Waals surface area contributed by atoms with Gasteiger partial charge in [-0.2, -0.15) is 4.98 Å². The van der Waals surface area contributed by atoms with Crippen LogP contribution in [0, 0.1) is 0 Å². The van der Waals surface area contributed by atoms with Gasteiger partial charge in [-0.05, 0) is 6.92 Å². The second-order valence-electron chi connectivity index (χ2n) is 3.20. The highest BCUT2D eigenvalue weighted by Gasteiger charge is 2.09. The molecule has 6 heteroatoms. The average Bonchev–Trinajstić information content (AvgIpc) is 2.66. The lowest BCUT2D eigenvalue weighted by Gasteiger charge is -2.03. The van der Waals surface area contributed by atoms with Gasteiger partial charge in [0, 0.05) is 20.1 Å². The maximum absolute atomic E-state index is 5.27. The summed E-state index contributed by atoms with van der Waals surface area (Å²) in [5, 5.41) is 3.81. The van der Waals surface area contributed by atoms with Crippen molar-refractivity contribution < 1.29 is 14.0 Å². The van der Waals surface area contributed by atoms with E-state index in [-0.39, 0.29) is 6.10 Å². The molecular weight excluding hydrogens is 198 g/mol. The van der Waals surface area contributed by atoms with Crippen molar-refractivity contribution in [1.29, 1.82) is 0 Å². The molecule has 1 aromatic heterocycles. The topological polar surface area (TPSA) is 83.4 Å². The van der Waals surface area contributed by atoms with Gasteiger partial charge in [-0.1, -0.05) is 5.16 Å². The fraction of sp³-hybridized carbons (Fsp3) is 0.778. The number of aromatic nitrogens is 2. The first-order valence-corrected chi connectivity index (χ1v) is 4.88. The highest BCUT2D eigenvalue weighted by atomic mass is 16.5. The molecule has 1 aromatic rings. The van der Waals surface area contributed by atoms with E-state index in [1.54, 1.807) is 7.11 Å². The average molecular weight is 215 g/mol. The third kappa shape index (κ3) is 4.37. The SMILES string of the molecule is COC(C)Cc1noc(COCCN)n1. The Morgan fingerprint density at radius 3 is 3.00 bits per heavy atom. The summed E-state index contributed by atoms with van der Waals surface area (Å²) in [7, 11) is 1.65. The summed E-state index contributed by atoms with van der Waals surface area (Å²) < 4.78 is 15.2. The fourth-order valence-electron chi connectivity index (χ4n) is 1.01. The van der Waals surface area contributed by atoms with E-state index in [4.69, 9.17) is 19.7 Å². The van der Waals surface area contributed by atoms with E-state index in [0.717, 1.165) is 0 Å². The molecule has 1 unspecified atom stereocenters. The van der Waals surface area contributed by atoms with Crippen LogP contribution < -0.4 is 5.73 Å². The van der Waals surface area contributed by atoms with Crippen LogP contribution in [0.25, 0.3) is 0 Å². The first kappa shape index (κ1) is 12.1. The molecule has 1 rings (SSSR count). The zero-order valence-corrected chi connectivity index (χ0v) is 9.10. The Morgan fingerprint density at radius 2 is 2.33 bits per heavy atom. The number of methoxy groups -OCH3 is 1. The first-order chi connectivity index (χ1) is 7.26. The van der Waals surface area contributed by atoms with Crippen molar-refractivity contribution in [2.24, 2.45) is 5.73 Å². The molecule has 0 saturated carbocycles. The summed E-state index contributed by atoms with van der Waals surface area (Å²) in [5.41, 5.74) is 5.27. The van der Waals surface area contributed by atoms with Crippen LogP contribution in [0.5, 0.6) is 0 Å². The minimum absolute atomic E-state index is 0.0837. The molecule has 0 aromatic carbocycles. The highest BCUT2D eigenvalue weighted by Crippen LogP contribution is 2.03. The van der Waals surface area contributed by atoms with Crippen molar-refractivity contribution >= 4 is 0 Å². The molecular formula is C9H17N3O3. The van der Waals surface area contributed by atoms with Gasteiger partial charge in [0.25, 0.3) is 5.89 Å². The van der Waals surface area contributed by atoms with Gasteiger partial charge in [0.15, 0.2) is 5.82 Å². The van der Waals surface area contributed by atoms with Crippen LogP contribution in [-0.2, 0) is 22.5 Å². The number of nitrogens with zero attached hydrogens (tertiary/aromatic N) is 2. The monoisotopic (exact) mass is 215 g/mol. The van der Waals surface area contributed by atoms with Gasteiger partial charge in [-0.15, -0.1) is 0 Å². The van der Waals surface area contributed by atoms with Crippen molar-refractivity contribution in [3.05, 3.63) is 11.7 Å². The van der Waals surface area contributed by atoms with E-state index in [2.05, 4.69) is 10.1 Å². The molecule has 1 atom stereocenters. The van der Waals surface area contributed by atoms with Crippen molar-refractivity contribution in [2.45, 2.75) is 26.1 Å². The molecule has 0 radical (unpaired) electrons. The van der Waals surface area contributed by atoms with E-state index < -0.39 is 0 Å². The van der Waals surface area contributed by atoms with Gasteiger partial charge >= 0.3 is 0 Å². The van der Waals surface area contributed by atoms with Crippen molar-refractivity contribution in [3.63, 3.8) is 0 Å². The van der Waals surface area contributed by atoms with Crippen LogP contribution >= 0.6 is 0 Å². The summed E-state index contributed by atoms with van der Waals surface area (Å²) >= 11 is 0. The second kappa shape index (κ2) is 6.49. The molecule has 0 aliphatic rings. The number of rotatable bonds is 7. The minimum Gasteiger partial charge on any atom is -0.381 e. The minimum atomic E-state index is 0.0837. The van der Waals surface area contributed by atoms with Crippen molar-refractivity contribution in [2.75, 3.05) is 20.3 Å². The summed E-state index contributed by atoms with van der Waals surface area (Å²) in [5.74, 6) is 1.11. The second-order valence-corrected chi connectivity index (χ2v) is 3.20. The third-order valence-corrected chi connectivity index (χ3v) is 1.87. The number of hydrogen-bond donors (Lipinski definition) is 1. The lowest BCUT2D eigenvalue weighted by molar-refractivity contribution is 0.104. The molecule has 0 spiro atoms. The Hall–Kier alpha value is -0.980. The van der Waals surface area contributed by atoms with Gasteiger partial charge < -0.3 is 19.7 Å². The quantitative estimate of drug-likeness (QED) is 0.650. The lowest BCUT2D eigenvalue weighted by atomic mass is 10.3. The van der Waals surface area contributed by atoms with Crippen molar-refractivity contribution in [3.8, 4) is 0 Å². The predicted molar refractivity (Wildman–Crippen MR) is 53.2 cm³/mol. The maximum Gasteiger partial charge on any atom is 0.252 e. The molecule has 0 aliphatic carbocycles. The molecule has 6 nitrogen and oxygen atoms in total. The predicted octanol–water partition coefficient (Wildman–Crippen LogP) is 0.122. The maximum atomic E-state index is 5.27. The Kier molecular flexibility index (Phi) is 5.23. The Morgan fingerprint density at radius 1 is 1.53 bits per heavy atom. The van der Waals surface area contributed by atoms with E-state index in [1.165, 1.54) is 0 Å². The molecule has 86 valence electrons. The van der Waals surface area contributed by atoms with Gasteiger partial charge in [0.1, 0.15) is 6.61 Å². The number of ether oxygens (including phenoxy) is 2. The lowest BCUT2D eigenvalue weighted by Crippen LogP contribution is -2.10. The molecule has 0 bridgehead atoms. The summed E-state index contributed by atoms with van der Waals surface area (Å²) in [6, 6.07) is 0. The highest BCUT2D eigenvalue weighted by molar-refractivity contribution is 4.86. The van der Waals surface area contributed by atoms with Gasteiger partial charge in [-0.3, -0.25) is 0 Å². The van der Waals surface area contributed by atoms with E-state index in [1.807, 2.05) is 6.92 Å². The van der Waals surface area contributed by atoms with Crippen LogP contribution in [0.3, 0.4) is 0 Å². The van der Waals surface area contributed by atoms with Crippen molar-refractivity contribution in [1.82, 2.24) is 10.1 Å². The molecule has 0 aliphatic heterocycles. The molecule has 0 amide bonds. The van der Waals surface area contributed by atoms with Crippen LogP contribution in [0.2, 0.25) is 0 Å². The summed E-state index contributed by atoms with van der Waals surface area (Å²) in [4.78, 5) is 4.15. The normalized spacial score (nSPS) is 13.0. The standard InChI is InChI=1S/C9H17N3O3/c1-7(13-2)5-8-11-9(15-12-8)6-14-4-3-10/h7H,3-6,10H2,1-2H3. The Balaban J connectivity index is 2.35. The van der Waals surface area contributed by atoms with Gasteiger partial charge in [0.05, 0.1) is 12.7 Å². The molecule has 1 heterocycles. The Bertz CT molecular complexity index is 277. The summed E-state index contributed by atoms with van der Waals surface area (Å²) in [6.45, 7) is 3.24. The zero-order valence-electron chi connectivity index (χ0n) is 9.10. The van der Waals surface area contributed by atoms with Crippen LogP contribution in [-0.4, -0.2) is 36.5 Å². The molecule has 0 saturated heterocycles. The molecule has 15 heavy (non-hydrogen) atoms. The smallest absolute Gasteiger partial charge is 0.252 e. The zero-order chi connectivity index (χ0) is 11.1. The fourth-order valence-corrected chi connectivity index (χ4v) is 1.01. The molecule has 2 N–H and O–H groups in total. The number of nitrogens with two attached hydrogens (primary N) is 1. The van der Waals surface area contributed by atoms with E-state index >= 15 is 0 Å². The van der Waals surface area contributed by atoms with Crippen LogP contribution in [0.1, 0.15) is 18.6 Å². The van der Waals surface area contributed by atoms with Crippen LogP contribution in [0.4, 0.5) is 0 Å². The van der Waals surface area contributed by atoms with E-state index in [0.29, 0.717) is 37.9 Å².